The quantitative estimate of drug-likeness (QED) is 0.480. The van der Waals surface area contributed by atoms with Crippen LogP contribution in [0.25, 0.3) is 0 Å². The monoisotopic (exact) mass is 338 g/mol. The topological polar surface area (TPSA) is 173 Å². The zero-order valence-corrected chi connectivity index (χ0v) is 12.0. The van der Waals surface area contributed by atoms with E-state index in [2.05, 4.69) is 0 Å². The Bertz CT molecular complexity index is 650. The molecule has 24 heavy (non-hydrogen) atoms. The first-order valence-corrected chi connectivity index (χ1v) is 6.11. The Kier molecular flexibility index (Phi) is 8.48. The first kappa shape index (κ1) is 20.2. The maximum absolute atomic E-state index is 10.3. The number of carboxylic acids is 2. The number of carboxylic acid groups (broad SMARTS) is 4. The van der Waals surface area contributed by atoms with Crippen LogP contribution in [0.4, 0.5) is 4.79 Å². The van der Waals surface area contributed by atoms with Gasteiger partial charge in [-0.2, -0.15) is 0 Å². The number of benzene rings is 2. The Balaban J connectivity index is 0.000000363. The van der Waals surface area contributed by atoms with Gasteiger partial charge in [-0.25, -0.2) is 14.4 Å². The van der Waals surface area contributed by atoms with Gasteiger partial charge in [-0.05, 0) is 24.3 Å². The summed E-state index contributed by atoms with van der Waals surface area (Å²) in [5, 5.41) is 48.6. The first-order valence-electron chi connectivity index (χ1n) is 6.11. The normalized spacial score (nSPS) is 8.67. The van der Waals surface area contributed by atoms with E-state index in [1.807, 2.05) is 0 Å². The molecule has 0 heterocycles. The number of para-hydroxylation sites is 2. The molecule has 0 spiro atoms. The highest BCUT2D eigenvalue weighted by Gasteiger charge is 2.06. The van der Waals surface area contributed by atoms with Gasteiger partial charge in [0, 0.05) is 0 Å². The molecule has 0 saturated heterocycles. The lowest BCUT2D eigenvalue weighted by Crippen LogP contribution is -1.95. The van der Waals surface area contributed by atoms with Crippen LogP contribution in [0.3, 0.4) is 0 Å². The molecule has 0 aromatic heterocycles. The largest absolute Gasteiger partial charge is 0.507 e. The van der Waals surface area contributed by atoms with Crippen LogP contribution in [0.1, 0.15) is 20.7 Å². The fourth-order valence-electron chi connectivity index (χ4n) is 1.31. The van der Waals surface area contributed by atoms with E-state index < -0.39 is 18.1 Å². The molecule has 2 aromatic carbocycles. The molecular weight excluding hydrogens is 324 g/mol. The smallest absolute Gasteiger partial charge is 0.503 e. The fraction of sp³-hybridized carbons (Fsp3) is 0. The standard InChI is InChI=1S/2C7H6O3.CH2O3/c2*8-6-4-2-1-3-5(6)7(9)10;2-1(3)4/h2*1-4,8H,(H,9,10);(H2,2,3,4). The number of carbonyl (C=O) groups is 3. The van der Waals surface area contributed by atoms with E-state index in [9.17, 15) is 9.59 Å². The first-order chi connectivity index (χ1) is 11.2. The Morgan fingerprint density at radius 2 is 0.833 bits per heavy atom. The summed E-state index contributed by atoms with van der Waals surface area (Å²) in [6.07, 6.45) is -1.83. The van der Waals surface area contributed by atoms with Crippen LogP contribution in [0, 0.1) is 0 Å². The van der Waals surface area contributed by atoms with Crippen LogP contribution in [0.15, 0.2) is 48.5 Å². The molecule has 128 valence electrons. The van der Waals surface area contributed by atoms with E-state index in [1.54, 1.807) is 24.3 Å². The molecule has 0 radical (unpaired) electrons. The molecule has 0 amide bonds. The third kappa shape index (κ3) is 7.88. The van der Waals surface area contributed by atoms with Crippen molar-refractivity contribution in [2.45, 2.75) is 0 Å². The Morgan fingerprint density at radius 1 is 0.583 bits per heavy atom. The van der Waals surface area contributed by atoms with Crippen LogP contribution in [0.5, 0.6) is 11.5 Å². The van der Waals surface area contributed by atoms with Crippen LogP contribution >= 0.6 is 0 Å². The second-order valence-corrected chi connectivity index (χ2v) is 3.93. The van der Waals surface area contributed by atoms with Crippen LogP contribution in [-0.4, -0.2) is 48.7 Å². The van der Waals surface area contributed by atoms with Crippen LogP contribution in [0.2, 0.25) is 0 Å². The lowest BCUT2D eigenvalue weighted by Gasteiger charge is -1.95. The average Bonchev–Trinajstić information content (AvgIpc) is 2.47. The molecule has 9 heteroatoms. The molecule has 0 atom stereocenters. The van der Waals surface area contributed by atoms with Gasteiger partial charge in [0.2, 0.25) is 0 Å². The molecule has 0 bridgehead atoms. The van der Waals surface area contributed by atoms with Gasteiger partial charge < -0.3 is 30.6 Å². The molecular formula is C15H14O9. The summed E-state index contributed by atoms with van der Waals surface area (Å²) < 4.78 is 0. The van der Waals surface area contributed by atoms with Crippen LogP contribution < -0.4 is 0 Å². The number of rotatable bonds is 2. The van der Waals surface area contributed by atoms with E-state index in [-0.39, 0.29) is 22.6 Å². The van der Waals surface area contributed by atoms with Crippen LogP contribution in [-0.2, 0) is 0 Å². The van der Waals surface area contributed by atoms with E-state index >= 15 is 0 Å². The molecule has 2 rings (SSSR count). The van der Waals surface area contributed by atoms with Gasteiger partial charge in [0.25, 0.3) is 0 Å². The Hall–Kier alpha value is -3.75. The second kappa shape index (κ2) is 10.1. The van der Waals surface area contributed by atoms with E-state index in [0.29, 0.717) is 0 Å². The third-order valence-corrected chi connectivity index (χ3v) is 2.27. The molecule has 0 aliphatic rings. The third-order valence-electron chi connectivity index (χ3n) is 2.27. The number of aromatic hydroxyl groups is 2. The molecule has 0 aliphatic heterocycles. The number of aromatic carboxylic acids is 2. The Labute approximate surface area is 135 Å². The van der Waals surface area contributed by atoms with E-state index in [1.165, 1.54) is 24.3 Å². The molecule has 0 fully saturated rings. The lowest BCUT2D eigenvalue weighted by atomic mass is 10.2. The van der Waals surface area contributed by atoms with Crippen molar-refractivity contribution in [2.24, 2.45) is 0 Å². The lowest BCUT2D eigenvalue weighted by molar-refractivity contribution is 0.0682. The number of hydrogen-bond acceptors (Lipinski definition) is 5. The summed E-state index contributed by atoms with van der Waals surface area (Å²) in [7, 11) is 0. The number of phenols is 2. The minimum Gasteiger partial charge on any atom is -0.507 e. The maximum Gasteiger partial charge on any atom is 0.503 e. The van der Waals surface area contributed by atoms with Crippen molar-refractivity contribution in [3.8, 4) is 11.5 Å². The van der Waals surface area contributed by atoms with E-state index in [0.717, 1.165) is 0 Å². The highest BCUT2D eigenvalue weighted by Crippen LogP contribution is 2.15. The zero-order chi connectivity index (χ0) is 18.7. The van der Waals surface area contributed by atoms with Gasteiger partial charge in [0.15, 0.2) is 0 Å². The Morgan fingerprint density at radius 3 is 1.00 bits per heavy atom. The van der Waals surface area contributed by atoms with Crippen molar-refractivity contribution in [3.05, 3.63) is 59.7 Å². The predicted molar refractivity (Wildman–Crippen MR) is 80.8 cm³/mol. The van der Waals surface area contributed by atoms with Gasteiger partial charge in [-0.3, -0.25) is 0 Å². The molecule has 9 nitrogen and oxygen atoms in total. The summed E-state index contributed by atoms with van der Waals surface area (Å²) >= 11 is 0. The summed E-state index contributed by atoms with van der Waals surface area (Å²) in [5.74, 6) is -2.62. The maximum atomic E-state index is 10.3. The second-order valence-electron chi connectivity index (χ2n) is 3.93. The van der Waals surface area contributed by atoms with Gasteiger partial charge in [-0.1, -0.05) is 24.3 Å². The molecule has 0 unspecified atom stereocenters. The molecule has 0 aliphatic carbocycles. The minimum atomic E-state index is -1.83. The van der Waals surface area contributed by atoms with Crippen molar-refractivity contribution < 1.29 is 45.0 Å². The van der Waals surface area contributed by atoms with Gasteiger partial charge in [-0.15, -0.1) is 0 Å². The van der Waals surface area contributed by atoms with Crippen molar-refractivity contribution in [3.63, 3.8) is 0 Å². The van der Waals surface area contributed by atoms with Gasteiger partial charge in [0.05, 0.1) is 0 Å². The van der Waals surface area contributed by atoms with Gasteiger partial charge in [0.1, 0.15) is 22.6 Å². The van der Waals surface area contributed by atoms with Gasteiger partial charge >= 0.3 is 18.1 Å². The zero-order valence-electron chi connectivity index (χ0n) is 12.0. The molecule has 2 aromatic rings. The highest BCUT2D eigenvalue weighted by atomic mass is 16.6. The number of hydrogen-bond donors (Lipinski definition) is 6. The molecule has 0 saturated carbocycles. The fourth-order valence-corrected chi connectivity index (χ4v) is 1.31. The predicted octanol–water partition coefficient (Wildman–Crippen LogP) is 2.40. The highest BCUT2D eigenvalue weighted by molar-refractivity contribution is 5.91. The van der Waals surface area contributed by atoms with Crippen molar-refractivity contribution in [1.82, 2.24) is 0 Å². The van der Waals surface area contributed by atoms with Crippen molar-refractivity contribution in [1.29, 1.82) is 0 Å². The summed E-state index contributed by atoms with van der Waals surface area (Å²) in [5.41, 5.74) is -0.134. The summed E-state index contributed by atoms with van der Waals surface area (Å²) in [4.78, 5) is 29.1. The molecule has 6 N–H and O–H groups in total. The SMILES string of the molecule is O=C(O)O.O=C(O)c1ccccc1O.O=C(O)c1ccccc1O. The summed E-state index contributed by atoms with van der Waals surface area (Å²) in [6, 6.07) is 11.6. The van der Waals surface area contributed by atoms with E-state index in [4.69, 9.17) is 35.4 Å². The van der Waals surface area contributed by atoms with Crippen molar-refractivity contribution >= 4 is 18.1 Å². The summed E-state index contributed by atoms with van der Waals surface area (Å²) in [6.45, 7) is 0. The minimum absolute atomic E-state index is 0.0671. The average molecular weight is 338 g/mol. The van der Waals surface area contributed by atoms with Crippen molar-refractivity contribution in [2.75, 3.05) is 0 Å².